The van der Waals surface area contributed by atoms with E-state index in [0.29, 0.717) is 12.5 Å². The molecule has 1 fully saturated rings. The lowest BCUT2D eigenvalue weighted by atomic mass is 9.75. The van der Waals surface area contributed by atoms with Crippen molar-refractivity contribution in [1.29, 1.82) is 0 Å². The van der Waals surface area contributed by atoms with Crippen LogP contribution < -0.4 is 0 Å². The first kappa shape index (κ1) is 16.3. The van der Waals surface area contributed by atoms with Crippen LogP contribution in [0.3, 0.4) is 0 Å². The van der Waals surface area contributed by atoms with Crippen LogP contribution in [0.5, 0.6) is 0 Å². The van der Waals surface area contributed by atoms with Gasteiger partial charge in [0.2, 0.25) is 0 Å². The highest BCUT2D eigenvalue weighted by atomic mass is 79.9. The molecule has 4 nitrogen and oxygen atoms in total. The van der Waals surface area contributed by atoms with E-state index in [1.807, 2.05) is 24.3 Å². The van der Waals surface area contributed by atoms with Gasteiger partial charge < -0.3 is 15.1 Å². The van der Waals surface area contributed by atoms with Crippen LogP contribution in [0.2, 0.25) is 0 Å². The number of amides is 1. The Labute approximate surface area is 133 Å². The molecule has 0 radical (unpaired) electrons. The van der Waals surface area contributed by atoms with Crippen molar-refractivity contribution in [3.63, 3.8) is 0 Å². The number of rotatable bonds is 3. The zero-order valence-corrected chi connectivity index (χ0v) is 14.0. The lowest BCUT2D eigenvalue weighted by Gasteiger charge is -2.41. The van der Waals surface area contributed by atoms with Crippen LogP contribution in [-0.2, 0) is 0 Å². The van der Waals surface area contributed by atoms with Crippen LogP contribution in [-0.4, -0.2) is 40.4 Å². The SMILES string of the molecule is CC(C)CC1CN(C(=O)O)CC(O)C1c1ccc(Br)cc1. The Morgan fingerprint density at radius 2 is 1.95 bits per heavy atom. The van der Waals surface area contributed by atoms with Gasteiger partial charge in [0, 0.05) is 16.9 Å². The standard InChI is InChI=1S/C16H22BrNO3/c1-10(2)7-12-8-18(16(20)21)9-14(19)15(12)11-3-5-13(17)6-4-11/h3-6,10,12,14-15,19H,7-9H2,1-2H3,(H,20,21). The second-order valence-electron chi connectivity index (χ2n) is 6.22. The number of β-amino-alcohol motifs (C(OH)–C–C–N with tert-alkyl or cyclic N) is 1. The molecule has 1 heterocycles. The summed E-state index contributed by atoms with van der Waals surface area (Å²) in [5, 5.41) is 19.7. The van der Waals surface area contributed by atoms with Crippen molar-refractivity contribution in [3.05, 3.63) is 34.3 Å². The molecule has 1 saturated heterocycles. The fourth-order valence-electron chi connectivity index (χ4n) is 3.29. The summed E-state index contributed by atoms with van der Waals surface area (Å²) in [6.45, 7) is 4.94. The normalized spacial score (nSPS) is 26.1. The molecule has 21 heavy (non-hydrogen) atoms. The predicted molar refractivity (Wildman–Crippen MR) is 85.4 cm³/mol. The van der Waals surface area contributed by atoms with E-state index in [2.05, 4.69) is 29.8 Å². The number of nitrogens with zero attached hydrogens (tertiary/aromatic N) is 1. The summed E-state index contributed by atoms with van der Waals surface area (Å²) in [5.41, 5.74) is 1.08. The fraction of sp³-hybridized carbons (Fsp3) is 0.562. The topological polar surface area (TPSA) is 60.8 Å². The Kier molecular flexibility index (Phi) is 5.27. The number of hydrogen-bond acceptors (Lipinski definition) is 2. The molecule has 3 unspecified atom stereocenters. The minimum atomic E-state index is -0.947. The third kappa shape index (κ3) is 3.98. The van der Waals surface area contributed by atoms with Crippen molar-refractivity contribution in [2.75, 3.05) is 13.1 Å². The molecule has 5 heteroatoms. The van der Waals surface area contributed by atoms with Gasteiger partial charge in [-0.1, -0.05) is 41.9 Å². The van der Waals surface area contributed by atoms with Gasteiger partial charge in [0.25, 0.3) is 0 Å². The maximum absolute atomic E-state index is 11.2. The average Bonchev–Trinajstić information content (AvgIpc) is 2.39. The summed E-state index contributed by atoms with van der Waals surface area (Å²) in [4.78, 5) is 12.6. The van der Waals surface area contributed by atoms with E-state index in [1.54, 1.807) is 0 Å². The Morgan fingerprint density at radius 3 is 2.48 bits per heavy atom. The van der Waals surface area contributed by atoms with E-state index in [4.69, 9.17) is 0 Å². The van der Waals surface area contributed by atoms with Gasteiger partial charge >= 0.3 is 6.09 Å². The molecule has 0 bridgehead atoms. The fourth-order valence-corrected chi connectivity index (χ4v) is 3.55. The van der Waals surface area contributed by atoms with Crippen molar-refractivity contribution in [3.8, 4) is 0 Å². The van der Waals surface area contributed by atoms with Crippen LogP contribution >= 0.6 is 15.9 Å². The minimum Gasteiger partial charge on any atom is -0.465 e. The summed E-state index contributed by atoms with van der Waals surface area (Å²) < 4.78 is 1.00. The number of carboxylic acid groups (broad SMARTS) is 1. The molecule has 0 saturated carbocycles. The van der Waals surface area contributed by atoms with Crippen molar-refractivity contribution >= 4 is 22.0 Å². The third-order valence-electron chi connectivity index (χ3n) is 4.08. The largest absolute Gasteiger partial charge is 0.465 e. The molecule has 1 amide bonds. The molecular formula is C16H22BrNO3. The van der Waals surface area contributed by atoms with Crippen molar-refractivity contribution in [2.24, 2.45) is 11.8 Å². The number of halogens is 1. The van der Waals surface area contributed by atoms with E-state index >= 15 is 0 Å². The van der Waals surface area contributed by atoms with Crippen molar-refractivity contribution in [2.45, 2.75) is 32.3 Å². The third-order valence-corrected chi connectivity index (χ3v) is 4.61. The van der Waals surface area contributed by atoms with E-state index < -0.39 is 12.2 Å². The molecule has 0 aliphatic carbocycles. The molecule has 2 N–H and O–H groups in total. The number of piperidine rings is 1. The van der Waals surface area contributed by atoms with Crippen LogP contribution in [0, 0.1) is 11.8 Å². The molecule has 0 spiro atoms. The maximum Gasteiger partial charge on any atom is 0.407 e. The number of benzene rings is 1. The number of hydrogen-bond donors (Lipinski definition) is 2. The summed E-state index contributed by atoms with van der Waals surface area (Å²) in [6, 6.07) is 7.97. The van der Waals surface area contributed by atoms with Crippen molar-refractivity contribution in [1.82, 2.24) is 4.90 Å². The molecule has 1 aromatic rings. The van der Waals surface area contributed by atoms with Crippen molar-refractivity contribution < 1.29 is 15.0 Å². The van der Waals surface area contributed by atoms with E-state index in [1.165, 1.54) is 4.90 Å². The van der Waals surface area contributed by atoms with Gasteiger partial charge in [-0.15, -0.1) is 0 Å². The first-order chi connectivity index (χ1) is 9.88. The second-order valence-corrected chi connectivity index (χ2v) is 7.14. The Bertz CT molecular complexity index is 489. The Hall–Kier alpha value is -1.07. The molecule has 3 atom stereocenters. The monoisotopic (exact) mass is 355 g/mol. The zero-order valence-electron chi connectivity index (χ0n) is 12.4. The highest BCUT2D eigenvalue weighted by Crippen LogP contribution is 2.37. The van der Waals surface area contributed by atoms with Gasteiger partial charge in [-0.25, -0.2) is 4.79 Å². The number of aliphatic hydroxyl groups excluding tert-OH is 1. The average molecular weight is 356 g/mol. The van der Waals surface area contributed by atoms with Gasteiger partial charge in [0.05, 0.1) is 12.6 Å². The van der Waals surface area contributed by atoms with Crippen LogP contribution in [0.1, 0.15) is 31.7 Å². The van der Waals surface area contributed by atoms with Gasteiger partial charge in [-0.2, -0.15) is 0 Å². The first-order valence-corrected chi connectivity index (χ1v) is 8.09. The summed E-state index contributed by atoms with van der Waals surface area (Å²) >= 11 is 3.42. The molecular weight excluding hydrogens is 334 g/mol. The molecule has 2 rings (SSSR count). The van der Waals surface area contributed by atoms with Gasteiger partial charge in [0.1, 0.15) is 0 Å². The quantitative estimate of drug-likeness (QED) is 0.871. The molecule has 1 aromatic carbocycles. The number of likely N-dealkylation sites (tertiary alicyclic amines) is 1. The van der Waals surface area contributed by atoms with Crippen LogP contribution in [0.4, 0.5) is 4.79 Å². The maximum atomic E-state index is 11.2. The second kappa shape index (κ2) is 6.79. The first-order valence-electron chi connectivity index (χ1n) is 7.30. The summed E-state index contributed by atoms with van der Waals surface area (Å²) in [7, 11) is 0. The van der Waals surface area contributed by atoms with Gasteiger partial charge in [-0.3, -0.25) is 0 Å². The van der Waals surface area contributed by atoms with Crippen LogP contribution in [0.25, 0.3) is 0 Å². The number of carbonyl (C=O) groups is 1. The molecule has 0 aromatic heterocycles. The molecule has 116 valence electrons. The van der Waals surface area contributed by atoms with E-state index in [0.717, 1.165) is 16.5 Å². The highest BCUT2D eigenvalue weighted by molar-refractivity contribution is 9.10. The number of aliphatic hydroxyl groups is 1. The summed E-state index contributed by atoms with van der Waals surface area (Å²) in [5.74, 6) is 0.607. The lowest BCUT2D eigenvalue weighted by molar-refractivity contribution is 0.0160. The summed E-state index contributed by atoms with van der Waals surface area (Å²) in [6.07, 6.45) is -0.696. The van der Waals surface area contributed by atoms with E-state index in [-0.39, 0.29) is 18.4 Å². The Balaban J connectivity index is 2.27. The smallest absolute Gasteiger partial charge is 0.407 e. The minimum absolute atomic E-state index is 0.00361. The van der Waals surface area contributed by atoms with Gasteiger partial charge in [-0.05, 0) is 36.0 Å². The van der Waals surface area contributed by atoms with Crippen LogP contribution in [0.15, 0.2) is 28.7 Å². The van der Waals surface area contributed by atoms with Gasteiger partial charge in [0.15, 0.2) is 0 Å². The highest BCUT2D eigenvalue weighted by Gasteiger charge is 2.38. The predicted octanol–water partition coefficient (Wildman–Crippen LogP) is 3.55. The zero-order chi connectivity index (χ0) is 15.6. The van der Waals surface area contributed by atoms with E-state index in [9.17, 15) is 15.0 Å². The molecule has 1 aliphatic heterocycles. The Morgan fingerprint density at radius 1 is 1.33 bits per heavy atom. The molecule has 1 aliphatic rings. The lowest BCUT2D eigenvalue weighted by Crippen LogP contribution is -2.50.